The molecule has 6 heteroatoms. The lowest BCUT2D eigenvalue weighted by atomic mass is 9.84. The minimum Gasteiger partial charge on any atom is -0.444 e. The third-order valence-electron chi connectivity index (χ3n) is 4.25. The lowest BCUT2D eigenvalue weighted by molar-refractivity contribution is -0.127. The maximum Gasteiger partial charge on any atom is 0.226 e. The van der Waals surface area contributed by atoms with Gasteiger partial charge in [0, 0.05) is 17.5 Å². The van der Waals surface area contributed by atoms with Crippen LogP contribution in [-0.4, -0.2) is 28.1 Å². The van der Waals surface area contributed by atoms with Crippen molar-refractivity contribution in [1.29, 1.82) is 0 Å². The van der Waals surface area contributed by atoms with Crippen LogP contribution in [0.2, 0.25) is 0 Å². The number of oxazole rings is 1. The topological polar surface area (TPSA) is 101 Å². The van der Waals surface area contributed by atoms with Gasteiger partial charge in [-0.1, -0.05) is 18.2 Å². The van der Waals surface area contributed by atoms with Gasteiger partial charge in [-0.2, -0.15) is 0 Å². The van der Waals surface area contributed by atoms with Crippen molar-refractivity contribution in [2.45, 2.75) is 38.0 Å². The summed E-state index contributed by atoms with van der Waals surface area (Å²) in [5.74, 6) is 0.350. The Kier molecular flexibility index (Phi) is 4.73. The molecule has 1 fully saturated rings. The van der Waals surface area contributed by atoms with E-state index in [1.165, 1.54) is 0 Å². The molecule has 1 saturated carbocycles. The first-order valence-corrected chi connectivity index (χ1v) is 7.84. The molecule has 6 nitrogen and oxygen atoms in total. The van der Waals surface area contributed by atoms with Crippen molar-refractivity contribution < 1.29 is 14.3 Å². The highest BCUT2D eigenvalue weighted by atomic mass is 16.3. The van der Waals surface area contributed by atoms with Gasteiger partial charge >= 0.3 is 0 Å². The van der Waals surface area contributed by atoms with E-state index in [9.17, 15) is 9.90 Å². The quantitative estimate of drug-likeness (QED) is 0.792. The monoisotopic (exact) mass is 315 g/mol. The molecule has 1 aromatic carbocycles. The summed E-state index contributed by atoms with van der Waals surface area (Å²) in [5, 5.41) is 12.5. The fraction of sp³-hybridized carbons (Fsp3) is 0.412. The first kappa shape index (κ1) is 15.7. The number of amides is 1. The second-order valence-corrected chi connectivity index (χ2v) is 5.97. The van der Waals surface area contributed by atoms with Crippen LogP contribution >= 0.6 is 0 Å². The van der Waals surface area contributed by atoms with E-state index < -0.39 is 6.10 Å². The Bertz CT molecular complexity index is 656. The van der Waals surface area contributed by atoms with Crippen molar-refractivity contribution in [2.75, 3.05) is 0 Å². The molecule has 1 aliphatic carbocycles. The Labute approximate surface area is 134 Å². The fourth-order valence-electron chi connectivity index (χ4n) is 2.85. The molecule has 1 amide bonds. The minimum absolute atomic E-state index is 0.0448. The normalized spacial score (nSPS) is 24.3. The number of rotatable bonds is 4. The van der Waals surface area contributed by atoms with Gasteiger partial charge in [-0.3, -0.25) is 4.79 Å². The average Bonchev–Trinajstić information content (AvgIpc) is 3.05. The summed E-state index contributed by atoms with van der Waals surface area (Å²) in [7, 11) is 0. The molecule has 1 aromatic heterocycles. The van der Waals surface area contributed by atoms with Gasteiger partial charge in [0.1, 0.15) is 6.26 Å². The van der Waals surface area contributed by atoms with Crippen LogP contribution in [0.4, 0.5) is 0 Å². The smallest absolute Gasteiger partial charge is 0.226 e. The number of carbonyl (C=O) groups excluding carboxylic acids is 1. The number of aromatic nitrogens is 1. The molecule has 3 rings (SSSR count). The number of aliphatic hydroxyl groups is 1. The molecule has 0 bridgehead atoms. The second-order valence-electron chi connectivity index (χ2n) is 5.97. The number of carbonyl (C=O) groups is 1. The number of nitrogens with two attached hydrogens (primary N) is 1. The first-order valence-electron chi connectivity index (χ1n) is 7.84. The summed E-state index contributed by atoms with van der Waals surface area (Å²) >= 11 is 0. The van der Waals surface area contributed by atoms with E-state index in [1.807, 2.05) is 30.3 Å². The molecule has 0 saturated heterocycles. The third-order valence-corrected chi connectivity index (χ3v) is 4.25. The van der Waals surface area contributed by atoms with Crippen LogP contribution in [0.5, 0.6) is 0 Å². The van der Waals surface area contributed by atoms with E-state index in [0.717, 1.165) is 5.56 Å². The molecule has 1 heterocycles. The third kappa shape index (κ3) is 3.78. The number of nitrogens with one attached hydrogen (secondary N) is 1. The maximum atomic E-state index is 12.2. The van der Waals surface area contributed by atoms with Crippen LogP contribution in [0.25, 0.3) is 11.5 Å². The highest BCUT2D eigenvalue weighted by Gasteiger charge is 2.30. The lowest BCUT2D eigenvalue weighted by Crippen LogP contribution is -2.44. The molecule has 4 N–H and O–H groups in total. The maximum absolute atomic E-state index is 12.2. The highest BCUT2D eigenvalue weighted by Crippen LogP contribution is 2.24. The summed E-state index contributed by atoms with van der Waals surface area (Å²) in [6, 6.07) is 9.28. The van der Waals surface area contributed by atoms with E-state index in [4.69, 9.17) is 10.2 Å². The van der Waals surface area contributed by atoms with Gasteiger partial charge in [-0.05, 0) is 31.4 Å². The number of benzene rings is 1. The Hall–Kier alpha value is -2.18. The molecular weight excluding hydrogens is 294 g/mol. The Morgan fingerprint density at radius 3 is 2.87 bits per heavy atom. The molecule has 0 spiro atoms. The summed E-state index contributed by atoms with van der Waals surface area (Å²) in [6.45, 7) is 0.323. The first-order chi connectivity index (χ1) is 11.1. The van der Waals surface area contributed by atoms with Gasteiger partial charge < -0.3 is 20.6 Å². The van der Waals surface area contributed by atoms with Crippen molar-refractivity contribution in [2.24, 2.45) is 11.7 Å². The molecule has 122 valence electrons. The van der Waals surface area contributed by atoms with Gasteiger partial charge in [0.25, 0.3) is 0 Å². The van der Waals surface area contributed by atoms with Crippen LogP contribution in [0.1, 0.15) is 25.0 Å². The van der Waals surface area contributed by atoms with Crippen LogP contribution in [0, 0.1) is 5.92 Å². The van der Waals surface area contributed by atoms with Crippen LogP contribution < -0.4 is 11.1 Å². The van der Waals surface area contributed by atoms with Crippen molar-refractivity contribution in [3.63, 3.8) is 0 Å². The SMILES string of the molecule is N[C@@H]1C[C@@H](C(=O)NCc2coc(-c3ccccc3)n2)CC[C@H]1O. The van der Waals surface area contributed by atoms with Crippen LogP contribution in [0.3, 0.4) is 0 Å². The zero-order valence-corrected chi connectivity index (χ0v) is 12.8. The van der Waals surface area contributed by atoms with Crippen molar-refractivity contribution >= 4 is 5.91 Å². The van der Waals surface area contributed by atoms with Crippen LogP contribution in [-0.2, 0) is 11.3 Å². The van der Waals surface area contributed by atoms with E-state index in [0.29, 0.717) is 37.4 Å². The van der Waals surface area contributed by atoms with Crippen LogP contribution in [0.15, 0.2) is 41.0 Å². The summed E-state index contributed by atoms with van der Waals surface area (Å²) < 4.78 is 5.44. The summed E-state index contributed by atoms with van der Waals surface area (Å²) in [4.78, 5) is 16.6. The number of nitrogens with zero attached hydrogens (tertiary/aromatic N) is 1. The molecule has 3 atom stereocenters. The number of hydrogen-bond donors (Lipinski definition) is 3. The van der Waals surface area contributed by atoms with Gasteiger partial charge in [0.2, 0.25) is 11.8 Å². The van der Waals surface area contributed by atoms with E-state index in [-0.39, 0.29) is 17.9 Å². The Morgan fingerprint density at radius 1 is 1.35 bits per heavy atom. The summed E-state index contributed by atoms with van der Waals surface area (Å²) in [6.07, 6.45) is 2.80. The Balaban J connectivity index is 1.55. The molecule has 0 radical (unpaired) electrons. The largest absolute Gasteiger partial charge is 0.444 e. The number of aliphatic hydroxyl groups excluding tert-OH is 1. The number of hydrogen-bond acceptors (Lipinski definition) is 5. The molecule has 0 aliphatic heterocycles. The second kappa shape index (κ2) is 6.93. The van der Waals surface area contributed by atoms with Gasteiger partial charge in [-0.25, -0.2) is 4.98 Å². The van der Waals surface area contributed by atoms with E-state index in [1.54, 1.807) is 6.26 Å². The van der Waals surface area contributed by atoms with Gasteiger partial charge in [0.05, 0.1) is 18.3 Å². The summed E-state index contributed by atoms with van der Waals surface area (Å²) in [5.41, 5.74) is 7.40. The fourth-order valence-corrected chi connectivity index (χ4v) is 2.85. The molecule has 0 unspecified atom stereocenters. The average molecular weight is 315 g/mol. The van der Waals surface area contributed by atoms with Crippen molar-refractivity contribution in [3.05, 3.63) is 42.3 Å². The van der Waals surface area contributed by atoms with Gasteiger partial charge in [-0.15, -0.1) is 0 Å². The highest BCUT2D eigenvalue weighted by molar-refractivity contribution is 5.78. The standard InChI is InChI=1S/C17H21N3O3/c18-14-8-12(6-7-15(14)21)16(22)19-9-13-10-23-17(20-13)11-4-2-1-3-5-11/h1-5,10,12,14-15,21H,6-9,18H2,(H,19,22)/t12-,14+,15+/m0/s1. The van der Waals surface area contributed by atoms with Gasteiger partial charge in [0.15, 0.2) is 0 Å². The molecule has 2 aromatic rings. The predicted octanol–water partition coefficient (Wildman–Crippen LogP) is 1.45. The van der Waals surface area contributed by atoms with E-state index in [2.05, 4.69) is 10.3 Å². The van der Waals surface area contributed by atoms with Crippen molar-refractivity contribution in [1.82, 2.24) is 10.3 Å². The zero-order chi connectivity index (χ0) is 16.2. The minimum atomic E-state index is -0.497. The van der Waals surface area contributed by atoms with E-state index >= 15 is 0 Å². The van der Waals surface area contributed by atoms with Crippen molar-refractivity contribution in [3.8, 4) is 11.5 Å². The molecule has 23 heavy (non-hydrogen) atoms. The Morgan fingerprint density at radius 2 is 2.13 bits per heavy atom. The lowest BCUT2D eigenvalue weighted by Gasteiger charge is -2.29. The predicted molar refractivity (Wildman–Crippen MR) is 85.1 cm³/mol. The molecule has 1 aliphatic rings. The zero-order valence-electron chi connectivity index (χ0n) is 12.8. The molecular formula is C17H21N3O3.